The molecule has 0 bridgehead atoms. The minimum Gasteiger partial charge on any atom is -0.486 e. The maximum Gasteiger partial charge on any atom is 0.321 e. The van der Waals surface area contributed by atoms with Gasteiger partial charge in [0.1, 0.15) is 13.2 Å². The number of nitrogens with zero attached hydrogens (tertiary/aromatic N) is 4. The van der Waals surface area contributed by atoms with Crippen LogP contribution < -0.4 is 20.1 Å². The van der Waals surface area contributed by atoms with Gasteiger partial charge in [-0.05, 0) is 17.3 Å². The fourth-order valence-corrected chi connectivity index (χ4v) is 2.72. The second kappa shape index (κ2) is 8.38. The first-order valence-corrected chi connectivity index (χ1v) is 8.97. The van der Waals surface area contributed by atoms with Crippen LogP contribution in [0.5, 0.6) is 11.5 Å². The van der Waals surface area contributed by atoms with Crippen molar-refractivity contribution >= 4 is 11.9 Å². The van der Waals surface area contributed by atoms with Crippen molar-refractivity contribution < 1.29 is 19.1 Å². The van der Waals surface area contributed by atoms with E-state index >= 15 is 0 Å². The normalized spacial score (nSPS) is 14.8. The summed E-state index contributed by atoms with van der Waals surface area (Å²) in [5.41, 5.74) is 0.785. The Morgan fingerprint density at radius 2 is 1.83 bits per heavy atom. The zero-order valence-electron chi connectivity index (χ0n) is 15.3. The van der Waals surface area contributed by atoms with Gasteiger partial charge in [-0.25, -0.2) is 4.79 Å². The number of nitrogens with one attached hydrogen (secondary N) is 2. The first kappa shape index (κ1) is 18.4. The molecule has 2 heterocycles. The molecule has 2 aromatic carbocycles. The Hall–Kier alpha value is -3.95. The van der Waals surface area contributed by atoms with Gasteiger partial charge in [0, 0.05) is 5.56 Å². The fourth-order valence-electron chi connectivity index (χ4n) is 2.72. The molecule has 1 aromatic heterocycles. The number of aromatic nitrogens is 4. The van der Waals surface area contributed by atoms with Crippen LogP contribution in [-0.2, 0) is 11.3 Å². The molecule has 1 unspecified atom stereocenters. The maximum absolute atomic E-state index is 12.0. The Balaban J connectivity index is 1.23. The van der Waals surface area contributed by atoms with Crippen LogP contribution in [0.15, 0.2) is 54.6 Å². The van der Waals surface area contributed by atoms with Gasteiger partial charge < -0.3 is 14.8 Å². The number of tetrazole rings is 1. The van der Waals surface area contributed by atoms with Gasteiger partial charge >= 0.3 is 6.03 Å². The molecule has 3 amide bonds. The minimum absolute atomic E-state index is 0.188. The standard InChI is InChI=1S/C19H18N6O4/c26-17(11-25-23-18(22-24-25)13-6-2-1-3-7-13)21-19(27)20-10-14-12-28-15-8-4-5-9-16(15)29-14/h1-9,14H,10-12H2,(H2,20,21,26,27). The summed E-state index contributed by atoms with van der Waals surface area (Å²) in [6.45, 7) is 0.257. The summed E-state index contributed by atoms with van der Waals surface area (Å²) in [5, 5.41) is 16.7. The lowest BCUT2D eigenvalue weighted by atomic mass is 10.2. The van der Waals surface area contributed by atoms with Gasteiger partial charge in [-0.15, -0.1) is 10.2 Å². The van der Waals surface area contributed by atoms with Crippen LogP contribution in [0.2, 0.25) is 0 Å². The van der Waals surface area contributed by atoms with Crippen molar-refractivity contribution in [1.29, 1.82) is 0 Å². The van der Waals surface area contributed by atoms with Gasteiger partial charge in [0.25, 0.3) is 5.91 Å². The Morgan fingerprint density at radius 1 is 1.07 bits per heavy atom. The van der Waals surface area contributed by atoms with Gasteiger partial charge in [0.05, 0.1) is 6.54 Å². The van der Waals surface area contributed by atoms with Crippen LogP contribution in [0, 0.1) is 0 Å². The van der Waals surface area contributed by atoms with E-state index in [0.717, 1.165) is 10.4 Å². The number of benzene rings is 2. The Labute approximate surface area is 165 Å². The summed E-state index contributed by atoms with van der Waals surface area (Å²) in [6, 6.07) is 15.9. The lowest BCUT2D eigenvalue weighted by molar-refractivity contribution is -0.121. The molecule has 1 atom stereocenters. The highest BCUT2D eigenvalue weighted by molar-refractivity contribution is 5.94. The van der Waals surface area contributed by atoms with Crippen molar-refractivity contribution in [3.05, 3.63) is 54.6 Å². The van der Waals surface area contributed by atoms with Crippen molar-refractivity contribution in [2.45, 2.75) is 12.6 Å². The highest BCUT2D eigenvalue weighted by Gasteiger charge is 2.21. The van der Waals surface area contributed by atoms with Crippen LogP contribution in [0.3, 0.4) is 0 Å². The molecule has 148 valence electrons. The highest BCUT2D eigenvalue weighted by Crippen LogP contribution is 2.30. The molecule has 1 aliphatic rings. The molecule has 10 nitrogen and oxygen atoms in total. The van der Waals surface area contributed by atoms with E-state index in [4.69, 9.17) is 9.47 Å². The molecule has 0 saturated heterocycles. The second-order valence-corrected chi connectivity index (χ2v) is 6.27. The summed E-state index contributed by atoms with van der Waals surface area (Å²) >= 11 is 0. The number of ether oxygens (including phenoxy) is 2. The zero-order chi connectivity index (χ0) is 20.1. The molecule has 0 fully saturated rings. The molecule has 0 aliphatic carbocycles. The summed E-state index contributed by atoms with van der Waals surface area (Å²) in [7, 11) is 0. The molecule has 29 heavy (non-hydrogen) atoms. The molecule has 4 rings (SSSR count). The number of carbonyl (C=O) groups excluding carboxylic acids is 2. The Bertz CT molecular complexity index is 1010. The van der Waals surface area contributed by atoms with Crippen LogP contribution in [0.25, 0.3) is 11.4 Å². The third kappa shape index (κ3) is 4.67. The monoisotopic (exact) mass is 394 g/mol. The van der Waals surface area contributed by atoms with E-state index < -0.39 is 11.9 Å². The molecule has 0 saturated carbocycles. The van der Waals surface area contributed by atoms with Gasteiger partial charge in [0.2, 0.25) is 5.82 Å². The van der Waals surface area contributed by atoms with E-state index in [1.807, 2.05) is 48.5 Å². The number of hydrogen-bond acceptors (Lipinski definition) is 7. The topological polar surface area (TPSA) is 120 Å². The van der Waals surface area contributed by atoms with Gasteiger partial charge in [0.15, 0.2) is 17.6 Å². The summed E-state index contributed by atoms with van der Waals surface area (Å²) in [5.74, 6) is 1.12. The quantitative estimate of drug-likeness (QED) is 0.662. The first-order chi connectivity index (χ1) is 14.2. The van der Waals surface area contributed by atoms with Crippen LogP contribution >= 0.6 is 0 Å². The van der Waals surface area contributed by atoms with Gasteiger partial charge in [-0.2, -0.15) is 4.80 Å². The van der Waals surface area contributed by atoms with Crippen LogP contribution in [0.4, 0.5) is 4.79 Å². The third-order valence-electron chi connectivity index (χ3n) is 4.08. The van der Waals surface area contributed by atoms with Crippen molar-refractivity contribution in [2.24, 2.45) is 0 Å². The molecule has 0 spiro atoms. The predicted octanol–water partition coefficient (Wildman–Crippen LogP) is 1.01. The summed E-state index contributed by atoms with van der Waals surface area (Å²) < 4.78 is 11.3. The number of rotatable bonds is 5. The number of urea groups is 1. The largest absolute Gasteiger partial charge is 0.486 e. The molecular weight excluding hydrogens is 376 g/mol. The Morgan fingerprint density at radius 3 is 2.66 bits per heavy atom. The molecule has 0 radical (unpaired) electrons. The maximum atomic E-state index is 12.0. The average molecular weight is 394 g/mol. The lowest BCUT2D eigenvalue weighted by Gasteiger charge is -2.26. The SMILES string of the molecule is O=C(Cn1nnc(-c2ccccc2)n1)NC(=O)NCC1COc2ccccc2O1. The zero-order valence-corrected chi connectivity index (χ0v) is 15.3. The second-order valence-electron chi connectivity index (χ2n) is 6.27. The number of hydrogen-bond donors (Lipinski definition) is 2. The lowest BCUT2D eigenvalue weighted by Crippen LogP contribution is -2.46. The number of fused-ring (bicyclic) bond motifs is 1. The van der Waals surface area contributed by atoms with Crippen molar-refractivity contribution in [3.8, 4) is 22.9 Å². The smallest absolute Gasteiger partial charge is 0.321 e. The van der Waals surface area contributed by atoms with E-state index in [1.54, 1.807) is 6.07 Å². The van der Waals surface area contributed by atoms with Crippen LogP contribution in [0.1, 0.15) is 0 Å². The first-order valence-electron chi connectivity index (χ1n) is 8.97. The van der Waals surface area contributed by atoms with Crippen molar-refractivity contribution in [2.75, 3.05) is 13.2 Å². The van der Waals surface area contributed by atoms with E-state index in [0.29, 0.717) is 23.9 Å². The predicted molar refractivity (Wildman–Crippen MR) is 101 cm³/mol. The third-order valence-corrected chi connectivity index (χ3v) is 4.08. The minimum atomic E-state index is -0.638. The fraction of sp³-hybridized carbons (Fsp3) is 0.211. The summed E-state index contributed by atoms with van der Waals surface area (Å²) in [4.78, 5) is 25.1. The molecule has 1 aliphatic heterocycles. The van der Waals surface area contributed by atoms with E-state index in [9.17, 15) is 9.59 Å². The van der Waals surface area contributed by atoms with Gasteiger partial charge in [-0.1, -0.05) is 42.5 Å². The Kier molecular flexibility index (Phi) is 5.32. The van der Waals surface area contributed by atoms with Crippen LogP contribution in [-0.4, -0.2) is 51.4 Å². The number of para-hydroxylation sites is 2. The van der Waals surface area contributed by atoms with Crippen molar-refractivity contribution in [1.82, 2.24) is 30.8 Å². The number of carbonyl (C=O) groups is 2. The average Bonchev–Trinajstić information content (AvgIpc) is 3.21. The summed E-state index contributed by atoms with van der Waals surface area (Å²) in [6.07, 6.45) is -0.351. The number of amides is 3. The molecule has 2 N–H and O–H groups in total. The molecule has 10 heteroatoms. The van der Waals surface area contributed by atoms with E-state index in [1.165, 1.54) is 0 Å². The molecule has 3 aromatic rings. The molecular formula is C19H18N6O4. The van der Waals surface area contributed by atoms with Gasteiger partial charge in [-0.3, -0.25) is 10.1 Å². The van der Waals surface area contributed by atoms with E-state index in [2.05, 4.69) is 26.0 Å². The van der Waals surface area contributed by atoms with Crippen molar-refractivity contribution in [3.63, 3.8) is 0 Å². The highest BCUT2D eigenvalue weighted by atomic mass is 16.6. The van der Waals surface area contributed by atoms with E-state index in [-0.39, 0.29) is 19.2 Å². The number of imide groups is 1.